The largest absolute Gasteiger partial charge is 0.454 e. The topological polar surface area (TPSA) is 43.4 Å². The Morgan fingerprint density at radius 2 is 1.72 bits per heavy atom. The molecule has 32 heavy (non-hydrogen) atoms. The molecule has 0 unspecified atom stereocenters. The fraction of sp³-hybridized carbons (Fsp3) is 0.379. The molecule has 0 spiro atoms. The molecule has 0 heterocycles. The number of hydrogen-bond donors (Lipinski definition) is 0. The van der Waals surface area contributed by atoms with Crippen LogP contribution in [0.5, 0.6) is 0 Å². The summed E-state index contributed by atoms with van der Waals surface area (Å²) in [6.07, 6.45) is 15.3. The average Bonchev–Trinajstić information content (AvgIpc) is 2.71. The van der Waals surface area contributed by atoms with E-state index in [-0.39, 0.29) is 17.8 Å². The zero-order chi connectivity index (χ0) is 23.7. The number of hydrogen-bond acceptors (Lipinski definition) is 3. The van der Waals surface area contributed by atoms with E-state index in [1.165, 1.54) is 36.5 Å². The number of benzene rings is 1. The molecule has 1 aliphatic carbocycles. The fourth-order valence-electron chi connectivity index (χ4n) is 3.87. The maximum atomic E-state index is 12.1. The van der Waals surface area contributed by atoms with E-state index >= 15 is 0 Å². The van der Waals surface area contributed by atoms with Gasteiger partial charge in [0.05, 0.1) is 0 Å². The molecule has 0 radical (unpaired) electrons. The molecule has 0 atom stereocenters. The summed E-state index contributed by atoms with van der Waals surface area (Å²) in [6, 6.07) is 7.21. The van der Waals surface area contributed by atoms with Crippen molar-refractivity contribution in [2.24, 2.45) is 5.41 Å². The molecule has 0 saturated carbocycles. The van der Waals surface area contributed by atoms with Crippen LogP contribution in [-0.4, -0.2) is 18.4 Å². The maximum absolute atomic E-state index is 12.1. The molecule has 0 N–H and O–H groups in total. The van der Waals surface area contributed by atoms with Gasteiger partial charge in [0.2, 0.25) is 0 Å². The van der Waals surface area contributed by atoms with E-state index in [0.29, 0.717) is 5.56 Å². The Labute approximate surface area is 193 Å². The Bertz CT molecular complexity index is 980. The molecule has 1 aromatic rings. The minimum Gasteiger partial charge on any atom is -0.454 e. The fourth-order valence-corrected chi connectivity index (χ4v) is 3.87. The van der Waals surface area contributed by atoms with Gasteiger partial charge in [-0.15, -0.1) is 0 Å². The van der Waals surface area contributed by atoms with Crippen LogP contribution in [0.2, 0.25) is 0 Å². The summed E-state index contributed by atoms with van der Waals surface area (Å²) in [5.74, 6) is -0.730. The van der Waals surface area contributed by atoms with Crippen molar-refractivity contribution in [3.63, 3.8) is 0 Å². The molecule has 0 aliphatic heterocycles. The number of rotatable bonds is 8. The van der Waals surface area contributed by atoms with Crippen LogP contribution < -0.4 is 0 Å². The summed E-state index contributed by atoms with van der Waals surface area (Å²) in [4.78, 5) is 24.1. The minimum absolute atomic E-state index is 0.211. The van der Waals surface area contributed by atoms with Crippen molar-refractivity contribution in [2.75, 3.05) is 6.61 Å². The number of ketones is 1. The summed E-state index contributed by atoms with van der Waals surface area (Å²) in [5, 5.41) is 0. The lowest BCUT2D eigenvalue weighted by molar-refractivity contribution is -0.136. The lowest BCUT2D eigenvalue weighted by Gasteiger charge is -2.32. The Balaban J connectivity index is 1.88. The molecule has 0 bridgehead atoms. The van der Waals surface area contributed by atoms with Crippen molar-refractivity contribution in [2.45, 2.75) is 60.8 Å². The monoisotopic (exact) mass is 432 g/mol. The predicted molar refractivity (Wildman–Crippen MR) is 133 cm³/mol. The third-order valence-electron chi connectivity index (χ3n) is 5.84. The minimum atomic E-state index is -0.518. The molecule has 0 saturated heterocycles. The van der Waals surface area contributed by atoms with E-state index in [9.17, 15) is 9.59 Å². The van der Waals surface area contributed by atoms with E-state index < -0.39 is 5.97 Å². The van der Waals surface area contributed by atoms with Gasteiger partial charge in [0.15, 0.2) is 12.4 Å². The van der Waals surface area contributed by atoms with Crippen LogP contribution in [0.1, 0.15) is 69.8 Å². The van der Waals surface area contributed by atoms with Gasteiger partial charge in [-0.25, -0.2) is 4.79 Å². The first kappa shape index (κ1) is 25.3. The smallest absolute Gasteiger partial charge is 0.331 e. The quantitative estimate of drug-likeness (QED) is 0.188. The van der Waals surface area contributed by atoms with Gasteiger partial charge in [0.25, 0.3) is 0 Å². The van der Waals surface area contributed by atoms with Crippen molar-refractivity contribution in [1.82, 2.24) is 0 Å². The van der Waals surface area contributed by atoms with Crippen LogP contribution in [0.3, 0.4) is 0 Å². The Morgan fingerprint density at radius 3 is 2.38 bits per heavy atom. The highest BCUT2D eigenvalue weighted by Crippen LogP contribution is 2.40. The highest BCUT2D eigenvalue weighted by Gasteiger charge is 2.26. The zero-order valence-electron chi connectivity index (χ0n) is 20.3. The summed E-state index contributed by atoms with van der Waals surface area (Å²) in [5.41, 5.74) is 6.68. The van der Waals surface area contributed by atoms with Gasteiger partial charge in [-0.2, -0.15) is 0 Å². The van der Waals surface area contributed by atoms with Crippen LogP contribution in [0.4, 0.5) is 0 Å². The molecule has 0 aromatic heterocycles. The molecule has 3 nitrogen and oxygen atoms in total. The zero-order valence-corrected chi connectivity index (χ0v) is 20.3. The van der Waals surface area contributed by atoms with Gasteiger partial charge in [0, 0.05) is 11.6 Å². The molecular formula is C29H36O3. The molecule has 170 valence electrons. The standard InChI is InChI=1S/C29H36O3/c1-21(14-17-26-24(4)11-8-18-29(26,5)6)9-7-10-23(3)19-28(31)32-20-27(30)25-15-12-22(2)13-16-25/h7,9-10,12-17,19H,8,11,18,20H2,1-6H3. The first-order chi connectivity index (χ1) is 15.1. The van der Waals surface area contributed by atoms with Gasteiger partial charge in [-0.05, 0) is 63.5 Å². The molecule has 1 aliphatic rings. The average molecular weight is 433 g/mol. The van der Waals surface area contributed by atoms with Gasteiger partial charge < -0.3 is 4.74 Å². The van der Waals surface area contributed by atoms with Crippen molar-refractivity contribution in [3.05, 3.63) is 94.1 Å². The summed E-state index contributed by atoms with van der Waals surface area (Å²) in [7, 11) is 0. The number of carbonyl (C=O) groups excluding carboxylic acids is 2. The lowest BCUT2D eigenvalue weighted by atomic mass is 9.72. The highest BCUT2D eigenvalue weighted by atomic mass is 16.5. The van der Waals surface area contributed by atoms with Gasteiger partial charge in [-0.3, -0.25) is 4.79 Å². The SMILES string of the molecule is CC(C=CC1=C(C)CCCC1(C)C)=CC=CC(C)=CC(=O)OCC(=O)c1ccc(C)cc1. The van der Waals surface area contributed by atoms with Crippen LogP contribution in [0, 0.1) is 12.3 Å². The summed E-state index contributed by atoms with van der Waals surface area (Å²) in [6.45, 7) is 12.5. The highest BCUT2D eigenvalue weighted by molar-refractivity contribution is 5.98. The van der Waals surface area contributed by atoms with E-state index in [2.05, 4.69) is 39.8 Å². The summed E-state index contributed by atoms with van der Waals surface area (Å²) < 4.78 is 5.09. The van der Waals surface area contributed by atoms with E-state index in [1.54, 1.807) is 12.1 Å². The number of carbonyl (C=O) groups is 2. The van der Waals surface area contributed by atoms with Crippen molar-refractivity contribution in [3.8, 4) is 0 Å². The first-order valence-electron chi connectivity index (χ1n) is 11.3. The summed E-state index contributed by atoms with van der Waals surface area (Å²) >= 11 is 0. The van der Waals surface area contributed by atoms with Crippen molar-refractivity contribution >= 4 is 11.8 Å². The normalized spacial score (nSPS) is 17.3. The molecule has 0 fully saturated rings. The molecule has 3 heteroatoms. The van der Waals surface area contributed by atoms with Crippen molar-refractivity contribution < 1.29 is 14.3 Å². The third-order valence-corrected chi connectivity index (χ3v) is 5.84. The lowest BCUT2D eigenvalue weighted by Crippen LogP contribution is -2.19. The second-order valence-corrected chi connectivity index (χ2v) is 9.32. The van der Waals surface area contributed by atoms with Crippen LogP contribution >= 0.6 is 0 Å². The number of Topliss-reactive ketones (excluding diaryl/α,β-unsaturated/α-hetero) is 1. The third kappa shape index (κ3) is 7.96. The van der Waals surface area contributed by atoms with Crippen LogP contribution in [0.25, 0.3) is 0 Å². The Morgan fingerprint density at radius 1 is 1.03 bits per heavy atom. The number of esters is 1. The molecule has 1 aromatic carbocycles. The Hall–Kier alpha value is -2.94. The first-order valence-corrected chi connectivity index (χ1v) is 11.3. The van der Waals surface area contributed by atoms with E-state index in [4.69, 9.17) is 4.74 Å². The van der Waals surface area contributed by atoms with E-state index in [1.807, 2.05) is 44.2 Å². The second-order valence-electron chi connectivity index (χ2n) is 9.32. The number of allylic oxidation sites excluding steroid dienone is 9. The maximum Gasteiger partial charge on any atom is 0.331 e. The van der Waals surface area contributed by atoms with Crippen LogP contribution in [0.15, 0.2) is 83.0 Å². The predicted octanol–water partition coefficient (Wildman–Crippen LogP) is 7.25. The van der Waals surface area contributed by atoms with Gasteiger partial charge in [-0.1, -0.05) is 85.2 Å². The number of aryl methyl sites for hydroxylation is 1. The molecule has 2 rings (SSSR count). The van der Waals surface area contributed by atoms with Gasteiger partial charge >= 0.3 is 5.97 Å². The van der Waals surface area contributed by atoms with Gasteiger partial charge in [0.1, 0.15) is 0 Å². The van der Waals surface area contributed by atoms with E-state index in [0.717, 1.165) is 16.7 Å². The molecule has 0 amide bonds. The van der Waals surface area contributed by atoms with Crippen LogP contribution in [-0.2, 0) is 9.53 Å². The van der Waals surface area contributed by atoms with Crippen molar-refractivity contribution in [1.29, 1.82) is 0 Å². The second kappa shape index (κ2) is 11.6. The number of ether oxygens (including phenoxy) is 1. The Kier molecular flexibility index (Phi) is 9.19. The molecular weight excluding hydrogens is 396 g/mol.